The van der Waals surface area contributed by atoms with E-state index in [1.807, 2.05) is 0 Å². The molecule has 3 heteroatoms. The predicted molar refractivity (Wildman–Crippen MR) is 50.6 cm³/mol. The molecular weight excluding hydrogens is 150 g/mol. The lowest BCUT2D eigenvalue weighted by molar-refractivity contribution is 0.379. The zero-order valence-corrected chi connectivity index (χ0v) is 7.79. The average Bonchev–Trinajstić information content (AvgIpc) is 2.25. The van der Waals surface area contributed by atoms with E-state index in [1.54, 1.807) is 0 Å². The minimum Gasteiger partial charge on any atom is -0.359 e. The first kappa shape index (κ1) is 8.05. The summed E-state index contributed by atoms with van der Waals surface area (Å²) in [7, 11) is 2.18. The largest absolute Gasteiger partial charge is 0.359 e. The maximum Gasteiger partial charge on any atom is 0.113 e. The molecule has 2 aliphatic heterocycles. The molecule has 2 heterocycles. The normalized spacial score (nSPS) is 26.1. The van der Waals surface area contributed by atoms with Crippen molar-refractivity contribution >= 4 is 5.84 Å². The molecule has 0 bridgehead atoms. The van der Waals surface area contributed by atoms with E-state index in [1.165, 1.54) is 38.3 Å². The van der Waals surface area contributed by atoms with Crippen LogP contribution in [0.4, 0.5) is 0 Å². The van der Waals surface area contributed by atoms with Crippen LogP contribution in [-0.4, -0.2) is 55.4 Å². The van der Waals surface area contributed by atoms with Crippen LogP contribution in [0.1, 0.15) is 12.8 Å². The Bertz CT molecular complexity index is 188. The van der Waals surface area contributed by atoms with Gasteiger partial charge in [-0.1, -0.05) is 0 Å². The molecule has 0 aliphatic carbocycles. The third-order valence-corrected chi connectivity index (χ3v) is 2.62. The van der Waals surface area contributed by atoms with Gasteiger partial charge in [0.2, 0.25) is 0 Å². The van der Waals surface area contributed by atoms with Gasteiger partial charge in [0.25, 0.3) is 0 Å². The second kappa shape index (κ2) is 3.44. The molecule has 0 aromatic rings. The Hall–Kier alpha value is -0.570. The number of aliphatic imine (C=N–C) groups is 1. The summed E-state index contributed by atoms with van der Waals surface area (Å²) in [5.74, 6) is 1.32. The molecule has 0 atom stereocenters. The first-order chi connectivity index (χ1) is 5.86. The first-order valence-electron chi connectivity index (χ1n) is 4.83. The van der Waals surface area contributed by atoms with Gasteiger partial charge in [0, 0.05) is 19.6 Å². The van der Waals surface area contributed by atoms with Crippen molar-refractivity contribution in [1.82, 2.24) is 9.80 Å². The molecule has 1 saturated heterocycles. The molecule has 0 unspecified atom stereocenters. The molecule has 0 radical (unpaired) electrons. The van der Waals surface area contributed by atoms with Crippen molar-refractivity contribution in [3.63, 3.8) is 0 Å². The van der Waals surface area contributed by atoms with Crippen molar-refractivity contribution in [1.29, 1.82) is 0 Å². The van der Waals surface area contributed by atoms with Crippen molar-refractivity contribution in [3.8, 4) is 0 Å². The quantitative estimate of drug-likeness (QED) is 0.521. The van der Waals surface area contributed by atoms with Crippen LogP contribution < -0.4 is 0 Å². The van der Waals surface area contributed by atoms with Crippen molar-refractivity contribution in [2.75, 3.05) is 39.8 Å². The Morgan fingerprint density at radius 1 is 1.17 bits per heavy atom. The highest BCUT2D eigenvalue weighted by Crippen LogP contribution is 2.08. The van der Waals surface area contributed by atoms with Gasteiger partial charge in [-0.15, -0.1) is 0 Å². The van der Waals surface area contributed by atoms with Crippen molar-refractivity contribution in [2.24, 2.45) is 4.99 Å². The van der Waals surface area contributed by atoms with Crippen LogP contribution in [0.15, 0.2) is 4.99 Å². The number of hydrogen-bond donors (Lipinski definition) is 0. The van der Waals surface area contributed by atoms with Gasteiger partial charge in [-0.05, 0) is 26.4 Å². The minimum absolute atomic E-state index is 1.04. The molecule has 0 amide bonds. The molecule has 68 valence electrons. The van der Waals surface area contributed by atoms with E-state index < -0.39 is 0 Å². The van der Waals surface area contributed by atoms with Gasteiger partial charge in [-0.25, -0.2) is 0 Å². The van der Waals surface area contributed by atoms with E-state index >= 15 is 0 Å². The molecule has 2 aliphatic rings. The summed E-state index contributed by atoms with van der Waals surface area (Å²) in [6.45, 7) is 5.76. The average molecular weight is 167 g/mol. The molecule has 0 aromatic heterocycles. The summed E-state index contributed by atoms with van der Waals surface area (Å²) in [6, 6.07) is 0. The summed E-state index contributed by atoms with van der Waals surface area (Å²) in [4.78, 5) is 9.38. The van der Waals surface area contributed by atoms with Gasteiger partial charge in [0.05, 0.1) is 6.54 Å². The highest BCUT2D eigenvalue weighted by atomic mass is 15.3. The summed E-state index contributed by atoms with van der Waals surface area (Å²) in [5, 5.41) is 0. The zero-order valence-electron chi connectivity index (χ0n) is 7.79. The molecule has 1 fully saturated rings. The molecule has 2 rings (SSSR count). The minimum atomic E-state index is 1.04. The van der Waals surface area contributed by atoms with E-state index in [-0.39, 0.29) is 0 Å². The van der Waals surface area contributed by atoms with Crippen LogP contribution in [0.5, 0.6) is 0 Å². The Kier molecular flexibility index (Phi) is 2.30. The topological polar surface area (TPSA) is 18.8 Å². The third-order valence-electron chi connectivity index (χ3n) is 2.62. The van der Waals surface area contributed by atoms with Crippen molar-refractivity contribution < 1.29 is 0 Å². The van der Waals surface area contributed by atoms with Crippen LogP contribution in [0.25, 0.3) is 0 Å². The SMILES string of the molecule is CN1CCCN2CCCN=C2C1. The number of likely N-dealkylation sites (N-methyl/N-ethyl adjacent to an activating group) is 1. The van der Waals surface area contributed by atoms with Gasteiger partial charge < -0.3 is 4.90 Å². The van der Waals surface area contributed by atoms with Gasteiger partial charge in [-0.2, -0.15) is 0 Å². The number of fused-ring (bicyclic) bond motifs is 1. The molecule has 0 spiro atoms. The van der Waals surface area contributed by atoms with E-state index in [0.717, 1.165) is 13.1 Å². The lowest BCUT2D eigenvalue weighted by Crippen LogP contribution is -2.39. The van der Waals surface area contributed by atoms with Crippen LogP contribution in [0, 0.1) is 0 Å². The number of hydrogen-bond acceptors (Lipinski definition) is 3. The van der Waals surface area contributed by atoms with E-state index in [4.69, 9.17) is 0 Å². The van der Waals surface area contributed by atoms with Gasteiger partial charge >= 0.3 is 0 Å². The summed E-state index contributed by atoms with van der Waals surface area (Å²) in [5.41, 5.74) is 0. The van der Waals surface area contributed by atoms with Gasteiger partial charge in [0.1, 0.15) is 5.84 Å². The highest BCUT2D eigenvalue weighted by molar-refractivity contribution is 5.84. The van der Waals surface area contributed by atoms with Crippen LogP contribution >= 0.6 is 0 Å². The van der Waals surface area contributed by atoms with E-state index in [0.29, 0.717) is 0 Å². The Labute approximate surface area is 74.1 Å². The number of rotatable bonds is 0. The summed E-state index contributed by atoms with van der Waals surface area (Å²) in [6.07, 6.45) is 2.53. The second-order valence-corrected chi connectivity index (χ2v) is 3.73. The summed E-state index contributed by atoms with van der Waals surface area (Å²) < 4.78 is 0. The van der Waals surface area contributed by atoms with Crippen molar-refractivity contribution in [3.05, 3.63) is 0 Å². The fraction of sp³-hybridized carbons (Fsp3) is 0.889. The number of nitrogens with zero attached hydrogens (tertiary/aromatic N) is 3. The zero-order chi connectivity index (χ0) is 8.39. The fourth-order valence-corrected chi connectivity index (χ4v) is 1.94. The number of amidine groups is 1. The molecule has 0 aromatic carbocycles. The molecule has 0 saturated carbocycles. The van der Waals surface area contributed by atoms with Crippen LogP contribution in [0.2, 0.25) is 0 Å². The van der Waals surface area contributed by atoms with Crippen LogP contribution in [0.3, 0.4) is 0 Å². The van der Waals surface area contributed by atoms with Gasteiger partial charge in [0.15, 0.2) is 0 Å². The fourth-order valence-electron chi connectivity index (χ4n) is 1.94. The summed E-state index contributed by atoms with van der Waals surface area (Å²) >= 11 is 0. The molecule has 3 nitrogen and oxygen atoms in total. The Balaban J connectivity index is 2.08. The van der Waals surface area contributed by atoms with Crippen molar-refractivity contribution in [2.45, 2.75) is 12.8 Å². The Morgan fingerprint density at radius 2 is 2.00 bits per heavy atom. The van der Waals surface area contributed by atoms with Gasteiger partial charge in [-0.3, -0.25) is 9.89 Å². The molecule has 0 N–H and O–H groups in total. The lowest BCUT2D eigenvalue weighted by Gasteiger charge is -2.27. The first-order valence-corrected chi connectivity index (χ1v) is 4.83. The maximum absolute atomic E-state index is 4.56. The third kappa shape index (κ3) is 1.61. The lowest BCUT2D eigenvalue weighted by atomic mass is 10.3. The van der Waals surface area contributed by atoms with Crippen LogP contribution in [-0.2, 0) is 0 Å². The smallest absolute Gasteiger partial charge is 0.113 e. The van der Waals surface area contributed by atoms with E-state index in [2.05, 4.69) is 21.8 Å². The van der Waals surface area contributed by atoms with E-state index in [9.17, 15) is 0 Å². The maximum atomic E-state index is 4.56. The second-order valence-electron chi connectivity index (χ2n) is 3.73. The molecule has 12 heavy (non-hydrogen) atoms. The Morgan fingerprint density at radius 3 is 2.92 bits per heavy atom. The standard InChI is InChI=1S/C9H17N3/c1-11-5-3-7-12-6-2-4-10-9(12)8-11/h2-8H2,1H3. The molecular formula is C9H17N3. The predicted octanol–water partition coefficient (Wildman–Crippen LogP) is 0.426. The monoisotopic (exact) mass is 167 g/mol. The highest BCUT2D eigenvalue weighted by Gasteiger charge is 2.19.